The van der Waals surface area contributed by atoms with Gasteiger partial charge in [0.25, 0.3) is 5.91 Å². The molecule has 0 bridgehead atoms. The highest BCUT2D eigenvalue weighted by atomic mass is 35.5. The van der Waals surface area contributed by atoms with Gasteiger partial charge in [-0.05, 0) is 42.3 Å². The molecule has 1 aliphatic heterocycles. The molecule has 0 spiro atoms. The molecule has 6 heteroatoms. The summed E-state index contributed by atoms with van der Waals surface area (Å²) in [7, 11) is 0. The standard InChI is InChI=1S/C20H20ClN3O2/c21-13-6-7-17-16(10-13)15-8-9-24(11-18(15)23-17)12-19(25)20(26)22-14-4-2-1-3-5-14/h1-7,10,19,23,25H,8-9,11-12H2,(H,22,26). The fourth-order valence-corrected chi connectivity index (χ4v) is 3.67. The first kappa shape index (κ1) is 17.1. The molecule has 26 heavy (non-hydrogen) atoms. The molecule has 1 atom stereocenters. The number of benzene rings is 2. The van der Waals surface area contributed by atoms with Gasteiger partial charge in [0.15, 0.2) is 0 Å². The number of hydrogen-bond acceptors (Lipinski definition) is 3. The van der Waals surface area contributed by atoms with Crippen LogP contribution in [-0.2, 0) is 17.8 Å². The molecule has 0 saturated heterocycles. The number of H-pyrrole nitrogens is 1. The number of nitrogens with zero attached hydrogens (tertiary/aromatic N) is 1. The number of aromatic nitrogens is 1. The Labute approximate surface area is 156 Å². The van der Waals surface area contributed by atoms with Crippen LogP contribution in [0.3, 0.4) is 0 Å². The zero-order valence-electron chi connectivity index (χ0n) is 14.2. The van der Waals surface area contributed by atoms with Gasteiger partial charge in [-0.2, -0.15) is 0 Å². The first-order valence-electron chi connectivity index (χ1n) is 8.65. The van der Waals surface area contributed by atoms with E-state index in [9.17, 15) is 9.90 Å². The molecule has 0 saturated carbocycles. The number of aliphatic hydroxyl groups excluding tert-OH is 1. The Balaban J connectivity index is 1.42. The average Bonchev–Trinajstić information content (AvgIpc) is 2.99. The Morgan fingerprint density at radius 1 is 1.27 bits per heavy atom. The quantitative estimate of drug-likeness (QED) is 0.661. The van der Waals surface area contributed by atoms with Gasteiger partial charge in [-0.3, -0.25) is 9.69 Å². The normalized spacial score (nSPS) is 15.6. The number of carbonyl (C=O) groups is 1. The number of aliphatic hydroxyl groups is 1. The van der Waals surface area contributed by atoms with Gasteiger partial charge in [-0.1, -0.05) is 29.8 Å². The lowest BCUT2D eigenvalue weighted by Gasteiger charge is -2.28. The van der Waals surface area contributed by atoms with Crippen molar-refractivity contribution in [2.75, 3.05) is 18.4 Å². The SMILES string of the molecule is O=C(Nc1ccccc1)C(O)CN1CCc2c([nH]c3ccc(Cl)cc23)C1. The molecular weight excluding hydrogens is 350 g/mol. The molecule has 2 heterocycles. The van der Waals surface area contributed by atoms with Crippen LogP contribution in [0.2, 0.25) is 5.02 Å². The molecule has 2 aromatic carbocycles. The zero-order chi connectivity index (χ0) is 18.1. The lowest BCUT2D eigenvalue weighted by atomic mass is 10.0. The molecule has 0 fully saturated rings. The number of fused-ring (bicyclic) bond motifs is 3. The van der Waals surface area contributed by atoms with E-state index < -0.39 is 6.10 Å². The maximum atomic E-state index is 12.2. The summed E-state index contributed by atoms with van der Waals surface area (Å²) in [6, 6.07) is 15.0. The van der Waals surface area contributed by atoms with E-state index in [-0.39, 0.29) is 5.91 Å². The minimum absolute atomic E-state index is 0.300. The van der Waals surface area contributed by atoms with Crippen molar-refractivity contribution < 1.29 is 9.90 Å². The van der Waals surface area contributed by atoms with Crippen LogP contribution in [0.25, 0.3) is 10.9 Å². The maximum Gasteiger partial charge on any atom is 0.254 e. The average molecular weight is 370 g/mol. The molecule has 1 aromatic heterocycles. The number of β-amino-alcohol motifs (C(OH)–C–C–N with tert-alkyl or cyclic N) is 1. The van der Waals surface area contributed by atoms with E-state index in [0.29, 0.717) is 18.8 Å². The van der Waals surface area contributed by atoms with Crippen LogP contribution >= 0.6 is 11.6 Å². The zero-order valence-corrected chi connectivity index (χ0v) is 15.0. The summed E-state index contributed by atoms with van der Waals surface area (Å²) in [5, 5.41) is 14.9. The van der Waals surface area contributed by atoms with Crippen molar-refractivity contribution >= 4 is 34.1 Å². The number of anilines is 1. The molecule has 3 aromatic rings. The number of halogens is 1. The second-order valence-corrected chi connectivity index (χ2v) is 7.06. The molecule has 134 valence electrons. The van der Waals surface area contributed by atoms with Crippen LogP contribution in [0, 0.1) is 0 Å². The third-order valence-electron chi connectivity index (χ3n) is 4.79. The number of carbonyl (C=O) groups excluding carboxylic acids is 1. The highest BCUT2D eigenvalue weighted by molar-refractivity contribution is 6.31. The van der Waals surface area contributed by atoms with Crippen molar-refractivity contribution in [3.05, 3.63) is 64.8 Å². The Hall–Kier alpha value is -2.34. The van der Waals surface area contributed by atoms with Gasteiger partial charge < -0.3 is 15.4 Å². The topological polar surface area (TPSA) is 68.4 Å². The van der Waals surface area contributed by atoms with E-state index in [1.807, 2.05) is 36.4 Å². The third-order valence-corrected chi connectivity index (χ3v) is 5.03. The van der Waals surface area contributed by atoms with Crippen LogP contribution in [0.1, 0.15) is 11.3 Å². The second-order valence-electron chi connectivity index (χ2n) is 6.63. The lowest BCUT2D eigenvalue weighted by Crippen LogP contribution is -2.41. The maximum absolute atomic E-state index is 12.2. The molecule has 1 amide bonds. The van der Waals surface area contributed by atoms with E-state index in [1.165, 1.54) is 5.56 Å². The Morgan fingerprint density at radius 3 is 2.88 bits per heavy atom. The van der Waals surface area contributed by atoms with Crippen LogP contribution in [0.5, 0.6) is 0 Å². The van der Waals surface area contributed by atoms with Crippen molar-refractivity contribution in [3.63, 3.8) is 0 Å². The summed E-state index contributed by atoms with van der Waals surface area (Å²) in [5.41, 5.74) is 4.17. The summed E-state index contributed by atoms with van der Waals surface area (Å²) in [6.45, 7) is 1.77. The molecule has 1 unspecified atom stereocenters. The van der Waals surface area contributed by atoms with Crippen LogP contribution in [0.4, 0.5) is 5.69 Å². The number of hydrogen-bond donors (Lipinski definition) is 3. The Kier molecular flexibility index (Phi) is 4.68. The van der Waals surface area contributed by atoms with Crippen molar-refractivity contribution in [1.29, 1.82) is 0 Å². The number of rotatable bonds is 4. The highest BCUT2D eigenvalue weighted by Crippen LogP contribution is 2.29. The summed E-state index contributed by atoms with van der Waals surface area (Å²) in [5.74, 6) is -0.384. The van der Waals surface area contributed by atoms with Gasteiger partial charge in [0.2, 0.25) is 0 Å². The number of amides is 1. The van der Waals surface area contributed by atoms with E-state index in [0.717, 1.165) is 34.6 Å². The van der Waals surface area contributed by atoms with Gasteiger partial charge >= 0.3 is 0 Å². The van der Waals surface area contributed by atoms with E-state index >= 15 is 0 Å². The van der Waals surface area contributed by atoms with E-state index in [2.05, 4.69) is 15.2 Å². The van der Waals surface area contributed by atoms with Crippen molar-refractivity contribution in [2.24, 2.45) is 0 Å². The van der Waals surface area contributed by atoms with Gasteiger partial charge in [-0.15, -0.1) is 0 Å². The summed E-state index contributed by atoms with van der Waals surface area (Å²) in [4.78, 5) is 17.7. The number of para-hydroxylation sites is 1. The molecule has 4 rings (SSSR count). The first-order chi connectivity index (χ1) is 12.6. The molecule has 3 N–H and O–H groups in total. The molecule has 1 aliphatic rings. The fourth-order valence-electron chi connectivity index (χ4n) is 3.50. The summed E-state index contributed by atoms with van der Waals surface area (Å²) >= 11 is 6.12. The van der Waals surface area contributed by atoms with Gasteiger partial charge in [0, 0.05) is 46.9 Å². The predicted octanol–water partition coefficient (Wildman–Crippen LogP) is 3.18. The van der Waals surface area contributed by atoms with Crippen molar-refractivity contribution in [1.82, 2.24) is 9.88 Å². The molecule has 5 nitrogen and oxygen atoms in total. The number of nitrogens with one attached hydrogen (secondary N) is 2. The van der Waals surface area contributed by atoms with Gasteiger partial charge in [0.05, 0.1) is 0 Å². The second kappa shape index (κ2) is 7.11. The Morgan fingerprint density at radius 2 is 2.08 bits per heavy atom. The number of aromatic amines is 1. The van der Waals surface area contributed by atoms with Crippen LogP contribution in [-0.4, -0.2) is 40.1 Å². The van der Waals surface area contributed by atoms with Gasteiger partial charge in [0.1, 0.15) is 6.10 Å². The first-order valence-corrected chi connectivity index (χ1v) is 9.03. The summed E-state index contributed by atoms with van der Waals surface area (Å²) in [6.07, 6.45) is -0.210. The highest BCUT2D eigenvalue weighted by Gasteiger charge is 2.25. The predicted molar refractivity (Wildman–Crippen MR) is 103 cm³/mol. The van der Waals surface area contributed by atoms with Gasteiger partial charge in [-0.25, -0.2) is 0 Å². The Bertz CT molecular complexity index is 939. The largest absolute Gasteiger partial charge is 0.382 e. The monoisotopic (exact) mass is 369 g/mol. The van der Waals surface area contributed by atoms with Crippen LogP contribution in [0.15, 0.2) is 48.5 Å². The fraction of sp³-hybridized carbons (Fsp3) is 0.250. The molecule has 0 aliphatic carbocycles. The van der Waals surface area contributed by atoms with Crippen LogP contribution < -0.4 is 5.32 Å². The molecule has 0 radical (unpaired) electrons. The van der Waals surface area contributed by atoms with E-state index in [1.54, 1.807) is 12.1 Å². The van der Waals surface area contributed by atoms with Crippen molar-refractivity contribution in [2.45, 2.75) is 19.1 Å². The summed E-state index contributed by atoms with van der Waals surface area (Å²) < 4.78 is 0. The minimum Gasteiger partial charge on any atom is -0.382 e. The van der Waals surface area contributed by atoms with Crippen molar-refractivity contribution in [3.8, 4) is 0 Å². The smallest absolute Gasteiger partial charge is 0.254 e. The molecular formula is C20H20ClN3O2. The van der Waals surface area contributed by atoms with E-state index in [4.69, 9.17) is 11.6 Å². The third kappa shape index (κ3) is 3.46. The lowest BCUT2D eigenvalue weighted by molar-refractivity contribution is -0.125. The minimum atomic E-state index is -1.07.